The largest absolute Gasteiger partial charge is 0.484 e. The van der Waals surface area contributed by atoms with Gasteiger partial charge in [0.1, 0.15) is 11.8 Å². The molecule has 0 fully saturated rings. The molecule has 26 heavy (non-hydrogen) atoms. The molecule has 0 bridgehead atoms. The molecule has 1 aromatic carbocycles. The van der Waals surface area contributed by atoms with Gasteiger partial charge in [0, 0.05) is 4.88 Å². The van der Waals surface area contributed by atoms with Gasteiger partial charge >= 0.3 is 0 Å². The van der Waals surface area contributed by atoms with E-state index in [9.17, 15) is 9.59 Å². The van der Waals surface area contributed by atoms with E-state index in [2.05, 4.69) is 15.8 Å². The number of nitrogens with zero attached hydrogens (tertiary/aromatic N) is 1. The van der Waals surface area contributed by atoms with Crippen molar-refractivity contribution in [2.45, 2.75) is 26.8 Å². The number of benzene rings is 1. The van der Waals surface area contributed by atoms with Crippen LogP contribution < -0.4 is 15.5 Å². The Labute approximate surface area is 157 Å². The molecule has 1 heterocycles. The maximum atomic E-state index is 12.3. The summed E-state index contributed by atoms with van der Waals surface area (Å²) in [7, 11) is 0. The van der Waals surface area contributed by atoms with Crippen molar-refractivity contribution < 1.29 is 14.3 Å². The van der Waals surface area contributed by atoms with E-state index in [4.69, 9.17) is 4.74 Å². The summed E-state index contributed by atoms with van der Waals surface area (Å²) in [6, 6.07) is 10.6. The van der Waals surface area contributed by atoms with Gasteiger partial charge < -0.3 is 10.1 Å². The van der Waals surface area contributed by atoms with Crippen molar-refractivity contribution in [2.75, 3.05) is 6.61 Å². The van der Waals surface area contributed by atoms with Crippen LogP contribution in [0.3, 0.4) is 0 Å². The molecule has 7 heteroatoms. The van der Waals surface area contributed by atoms with Gasteiger partial charge in [-0.25, -0.2) is 5.43 Å². The number of hydrazone groups is 1. The van der Waals surface area contributed by atoms with Crippen molar-refractivity contribution in [3.8, 4) is 5.75 Å². The molecule has 6 nitrogen and oxygen atoms in total. The lowest BCUT2D eigenvalue weighted by atomic mass is 10.0. The number of carbonyl (C=O) groups excluding carboxylic acids is 2. The third kappa shape index (κ3) is 6.00. The van der Waals surface area contributed by atoms with E-state index in [-0.39, 0.29) is 24.3 Å². The molecule has 0 aliphatic heterocycles. The molecule has 2 N–H and O–H groups in total. The molecule has 2 aromatic rings. The van der Waals surface area contributed by atoms with Gasteiger partial charge in [0.15, 0.2) is 6.61 Å². The first-order valence-corrected chi connectivity index (χ1v) is 9.19. The quantitative estimate of drug-likeness (QED) is 0.551. The number of hydrogen-bond donors (Lipinski definition) is 2. The number of aryl methyl sites for hydroxylation is 1. The number of thiophene rings is 1. The van der Waals surface area contributed by atoms with Gasteiger partial charge in [-0.15, -0.1) is 11.3 Å². The summed E-state index contributed by atoms with van der Waals surface area (Å²) in [6.45, 7) is 5.47. The zero-order chi connectivity index (χ0) is 18.9. The van der Waals surface area contributed by atoms with Crippen molar-refractivity contribution in [3.63, 3.8) is 0 Å². The lowest BCUT2D eigenvalue weighted by molar-refractivity contribution is -0.131. The molecule has 2 amide bonds. The minimum Gasteiger partial charge on any atom is -0.484 e. The van der Waals surface area contributed by atoms with Crippen LogP contribution in [0, 0.1) is 12.8 Å². The topological polar surface area (TPSA) is 79.8 Å². The average molecular weight is 373 g/mol. The Morgan fingerprint density at radius 2 is 2.00 bits per heavy atom. The van der Waals surface area contributed by atoms with Crippen LogP contribution in [0.4, 0.5) is 0 Å². The Balaban J connectivity index is 1.87. The standard InChI is InChI=1S/C19H23N3O3S/c1-13(2)18(19(24)22-20-11-15-8-6-10-26-15)21-17(23)12-25-16-9-5-4-7-14(16)3/h4-11,13,18H,12H2,1-3H3,(H,21,23)(H,22,24). The molecule has 0 saturated carbocycles. The monoisotopic (exact) mass is 373 g/mol. The minimum atomic E-state index is -0.691. The van der Waals surface area contributed by atoms with Crippen LogP contribution in [0.15, 0.2) is 46.9 Å². The Kier molecular flexibility index (Phi) is 7.35. The molecular formula is C19H23N3O3S. The molecule has 0 saturated heterocycles. The van der Waals surface area contributed by atoms with Gasteiger partial charge in [-0.2, -0.15) is 5.10 Å². The number of carbonyl (C=O) groups is 2. The summed E-state index contributed by atoms with van der Waals surface area (Å²) in [5, 5.41) is 8.56. The summed E-state index contributed by atoms with van der Waals surface area (Å²) in [5.41, 5.74) is 3.42. The molecule has 1 atom stereocenters. The number of para-hydroxylation sites is 1. The molecule has 0 aliphatic carbocycles. The second-order valence-corrected chi connectivity index (χ2v) is 7.07. The van der Waals surface area contributed by atoms with Gasteiger partial charge in [-0.05, 0) is 35.9 Å². The van der Waals surface area contributed by atoms with Gasteiger partial charge in [-0.3, -0.25) is 9.59 Å². The Hall–Kier alpha value is -2.67. The fourth-order valence-electron chi connectivity index (χ4n) is 2.21. The predicted molar refractivity (Wildman–Crippen MR) is 103 cm³/mol. The Morgan fingerprint density at radius 3 is 2.65 bits per heavy atom. The Bertz CT molecular complexity index is 757. The zero-order valence-corrected chi connectivity index (χ0v) is 15.9. The lowest BCUT2D eigenvalue weighted by Gasteiger charge is -2.20. The van der Waals surface area contributed by atoms with E-state index in [1.54, 1.807) is 12.3 Å². The summed E-state index contributed by atoms with van der Waals surface area (Å²) in [6.07, 6.45) is 1.57. The maximum absolute atomic E-state index is 12.3. The third-order valence-electron chi connectivity index (χ3n) is 3.63. The van der Waals surface area contributed by atoms with E-state index in [1.165, 1.54) is 11.3 Å². The summed E-state index contributed by atoms with van der Waals surface area (Å²) >= 11 is 1.52. The fourth-order valence-corrected chi connectivity index (χ4v) is 2.79. The number of nitrogens with one attached hydrogen (secondary N) is 2. The SMILES string of the molecule is Cc1ccccc1OCC(=O)NC(C(=O)NN=Cc1cccs1)C(C)C. The van der Waals surface area contributed by atoms with Crippen LogP contribution in [-0.4, -0.2) is 30.7 Å². The van der Waals surface area contributed by atoms with Gasteiger partial charge in [0.25, 0.3) is 11.8 Å². The van der Waals surface area contributed by atoms with Crippen molar-refractivity contribution in [2.24, 2.45) is 11.0 Å². The second-order valence-electron chi connectivity index (χ2n) is 6.09. The van der Waals surface area contributed by atoms with Gasteiger partial charge in [0.2, 0.25) is 0 Å². The smallest absolute Gasteiger partial charge is 0.262 e. The van der Waals surface area contributed by atoms with Crippen LogP contribution >= 0.6 is 11.3 Å². The maximum Gasteiger partial charge on any atom is 0.262 e. The minimum absolute atomic E-state index is 0.0886. The number of rotatable bonds is 8. The molecular weight excluding hydrogens is 350 g/mol. The van der Waals surface area contributed by atoms with Crippen molar-refractivity contribution in [1.82, 2.24) is 10.7 Å². The van der Waals surface area contributed by atoms with Gasteiger partial charge in [-0.1, -0.05) is 38.1 Å². The first-order valence-electron chi connectivity index (χ1n) is 8.31. The highest BCUT2D eigenvalue weighted by atomic mass is 32.1. The van der Waals surface area contributed by atoms with Gasteiger partial charge in [0.05, 0.1) is 6.21 Å². The predicted octanol–water partition coefficient (Wildman–Crippen LogP) is 2.73. The summed E-state index contributed by atoms with van der Waals surface area (Å²) in [5.74, 6) is -0.163. The molecule has 0 radical (unpaired) electrons. The van der Waals surface area contributed by atoms with Crippen LogP contribution in [0.5, 0.6) is 5.75 Å². The second kappa shape index (κ2) is 9.72. The normalized spacial score (nSPS) is 12.2. The highest BCUT2D eigenvalue weighted by molar-refractivity contribution is 7.11. The molecule has 1 aromatic heterocycles. The molecule has 1 unspecified atom stereocenters. The van der Waals surface area contributed by atoms with E-state index >= 15 is 0 Å². The highest BCUT2D eigenvalue weighted by Gasteiger charge is 2.24. The van der Waals surface area contributed by atoms with E-state index < -0.39 is 6.04 Å². The zero-order valence-electron chi connectivity index (χ0n) is 15.1. The number of amides is 2. The van der Waals surface area contributed by atoms with Crippen molar-refractivity contribution >= 4 is 29.4 Å². The first-order chi connectivity index (χ1) is 12.5. The van der Waals surface area contributed by atoms with E-state index in [1.807, 2.05) is 56.5 Å². The first kappa shape index (κ1) is 19.7. The number of ether oxygens (including phenoxy) is 1. The van der Waals surface area contributed by atoms with E-state index in [0.717, 1.165) is 10.4 Å². The average Bonchev–Trinajstić information content (AvgIpc) is 3.12. The molecule has 0 aliphatic rings. The Morgan fingerprint density at radius 1 is 1.23 bits per heavy atom. The van der Waals surface area contributed by atoms with Crippen LogP contribution in [0.2, 0.25) is 0 Å². The molecule has 138 valence electrons. The summed E-state index contributed by atoms with van der Waals surface area (Å²) < 4.78 is 5.52. The fraction of sp³-hybridized carbons (Fsp3) is 0.316. The van der Waals surface area contributed by atoms with Crippen molar-refractivity contribution in [3.05, 3.63) is 52.2 Å². The molecule has 0 spiro atoms. The number of hydrogen-bond acceptors (Lipinski definition) is 5. The van der Waals surface area contributed by atoms with Crippen LogP contribution in [-0.2, 0) is 9.59 Å². The third-order valence-corrected chi connectivity index (χ3v) is 4.43. The lowest BCUT2D eigenvalue weighted by Crippen LogP contribution is -2.49. The van der Waals surface area contributed by atoms with Crippen LogP contribution in [0.25, 0.3) is 0 Å². The van der Waals surface area contributed by atoms with E-state index in [0.29, 0.717) is 5.75 Å². The molecule has 2 rings (SSSR count). The van der Waals surface area contributed by atoms with Crippen molar-refractivity contribution in [1.29, 1.82) is 0 Å². The highest BCUT2D eigenvalue weighted by Crippen LogP contribution is 2.15. The summed E-state index contributed by atoms with van der Waals surface area (Å²) in [4.78, 5) is 25.4. The van der Waals surface area contributed by atoms with Crippen LogP contribution in [0.1, 0.15) is 24.3 Å².